The van der Waals surface area contributed by atoms with Gasteiger partial charge in [0, 0.05) is 12.6 Å². The van der Waals surface area contributed by atoms with Crippen LogP contribution in [0.4, 0.5) is 0 Å². The second kappa shape index (κ2) is 12.0. The predicted octanol–water partition coefficient (Wildman–Crippen LogP) is 5.88. The van der Waals surface area contributed by atoms with Gasteiger partial charge in [0.1, 0.15) is 12.3 Å². The number of hydrogen-bond donors (Lipinski definition) is 0. The summed E-state index contributed by atoms with van der Waals surface area (Å²) < 4.78 is 5.53. The van der Waals surface area contributed by atoms with E-state index >= 15 is 0 Å². The molecule has 4 aromatic rings. The lowest BCUT2D eigenvalue weighted by Crippen LogP contribution is -2.47. The van der Waals surface area contributed by atoms with E-state index in [2.05, 4.69) is 0 Å². The lowest BCUT2D eigenvalue weighted by atomic mass is 9.89. The van der Waals surface area contributed by atoms with E-state index in [1.165, 1.54) is 0 Å². The molecule has 3 aromatic carbocycles. The summed E-state index contributed by atoms with van der Waals surface area (Å²) >= 11 is 0. The molecule has 0 aliphatic carbocycles. The van der Waals surface area contributed by atoms with Crippen LogP contribution in [0.5, 0.6) is 0 Å². The molecule has 1 aromatic heterocycles. The van der Waals surface area contributed by atoms with Gasteiger partial charge < -0.3 is 14.2 Å². The number of nitrogens with zero attached hydrogens (tertiary/aromatic N) is 2. The molecule has 0 saturated heterocycles. The van der Waals surface area contributed by atoms with Gasteiger partial charge in [-0.25, -0.2) is 0 Å². The standard InChI is InChI=1S/C31H32N2O3/c1-24(2)33(31(35)30(26-15-8-4-9-16-26)27-17-10-5-11-18-27)23-29(34)32(22-28-19-12-20-36-28)21-25-13-6-3-7-14-25/h3-20,24,30H,21-23H2,1-2H3. The molecule has 0 fully saturated rings. The Balaban J connectivity index is 1.61. The average molecular weight is 481 g/mol. The van der Waals surface area contributed by atoms with Crippen LogP contribution in [0.25, 0.3) is 0 Å². The Morgan fingerprint density at radius 1 is 0.722 bits per heavy atom. The molecule has 0 saturated carbocycles. The fourth-order valence-corrected chi connectivity index (χ4v) is 4.32. The van der Waals surface area contributed by atoms with Crippen molar-refractivity contribution >= 4 is 11.8 Å². The van der Waals surface area contributed by atoms with Crippen LogP contribution in [-0.2, 0) is 22.7 Å². The van der Waals surface area contributed by atoms with Crippen LogP contribution < -0.4 is 0 Å². The fraction of sp³-hybridized carbons (Fsp3) is 0.226. The van der Waals surface area contributed by atoms with Gasteiger partial charge in [-0.3, -0.25) is 9.59 Å². The molecule has 1 heterocycles. The molecular weight excluding hydrogens is 448 g/mol. The van der Waals surface area contributed by atoms with Crippen molar-refractivity contribution in [3.05, 3.63) is 132 Å². The summed E-state index contributed by atoms with van der Waals surface area (Å²) in [5.74, 6) is -0.00557. The summed E-state index contributed by atoms with van der Waals surface area (Å²) in [6.07, 6.45) is 1.61. The Labute approximate surface area is 213 Å². The van der Waals surface area contributed by atoms with Gasteiger partial charge in [-0.1, -0.05) is 91.0 Å². The quantitative estimate of drug-likeness (QED) is 0.285. The summed E-state index contributed by atoms with van der Waals surface area (Å²) in [7, 11) is 0. The Hall–Kier alpha value is -4.12. The molecule has 0 N–H and O–H groups in total. The first-order chi connectivity index (χ1) is 17.5. The van der Waals surface area contributed by atoms with Crippen LogP contribution in [0.1, 0.15) is 42.2 Å². The van der Waals surface area contributed by atoms with Gasteiger partial charge in [0.2, 0.25) is 11.8 Å². The first-order valence-corrected chi connectivity index (χ1v) is 12.3. The number of rotatable bonds is 10. The number of carbonyl (C=O) groups is 2. The van der Waals surface area contributed by atoms with E-state index in [0.717, 1.165) is 16.7 Å². The summed E-state index contributed by atoms with van der Waals surface area (Å²) in [5.41, 5.74) is 2.83. The van der Waals surface area contributed by atoms with Crippen LogP contribution in [-0.4, -0.2) is 34.2 Å². The van der Waals surface area contributed by atoms with E-state index in [-0.39, 0.29) is 24.4 Å². The van der Waals surface area contributed by atoms with Crippen LogP contribution in [0.2, 0.25) is 0 Å². The molecule has 0 spiro atoms. The first kappa shape index (κ1) is 25.0. The van der Waals surface area contributed by atoms with E-state index in [1.54, 1.807) is 16.1 Å². The smallest absolute Gasteiger partial charge is 0.242 e. The van der Waals surface area contributed by atoms with E-state index in [0.29, 0.717) is 18.8 Å². The van der Waals surface area contributed by atoms with E-state index in [4.69, 9.17) is 4.42 Å². The highest BCUT2D eigenvalue weighted by Gasteiger charge is 2.31. The third kappa shape index (κ3) is 6.30. The maximum atomic E-state index is 14.1. The van der Waals surface area contributed by atoms with Crippen molar-refractivity contribution in [2.24, 2.45) is 0 Å². The molecule has 184 valence electrons. The van der Waals surface area contributed by atoms with Gasteiger partial charge in [0.05, 0.1) is 18.7 Å². The van der Waals surface area contributed by atoms with Crippen molar-refractivity contribution in [1.29, 1.82) is 0 Å². The molecule has 5 heteroatoms. The lowest BCUT2D eigenvalue weighted by molar-refractivity contribution is -0.143. The molecule has 0 aliphatic heterocycles. The zero-order chi connectivity index (χ0) is 25.3. The van der Waals surface area contributed by atoms with Gasteiger partial charge >= 0.3 is 0 Å². The van der Waals surface area contributed by atoms with Crippen LogP contribution in [0.15, 0.2) is 114 Å². The average Bonchev–Trinajstić information content (AvgIpc) is 3.42. The summed E-state index contributed by atoms with van der Waals surface area (Å²) in [6.45, 7) is 4.65. The molecule has 0 aliphatic rings. The topological polar surface area (TPSA) is 53.8 Å². The van der Waals surface area contributed by atoms with Gasteiger partial charge in [0.15, 0.2) is 0 Å². The zero-order valence-electron chi connectivity index (χ0n) is 20.8. The van der Waals surface area contributed by atoms with Gasteiger partial charge in [-0.05, 0) is 42.7 Å². The van der Waals surface area contributed by atoms with E-state index in [1.807, 2.05) is 117 Å². The Bertz CT molecular complexity index is 1180. The first-order valence-electron chi connectivity index (χ1n) is 12.3. The molecule has 0 radical (unpaired) electrons. The third-order valence-electron chi connectivity index (χ3n) is 6.22. The molecule has 4 rings (SSSR count). The SMILES string of the molecule is CC(C)N(CC(=O)N(Cc1ccccc1)Cc1ccco1)C(=O)C(c1ccccc1)c1ccccc1. The number of furan rings is 1. The summed E-state index contributed by atoms with van der Waals surface area (Å²) in [5, 5.41) is 0. The largest absolute Gasteiger partial charge is 0.467 e. The molecule has 5 nitrogen and oxygen atoms in total. The molecule has 0 atom stereocenters. The Kier molecular flexibility index (Phi) is 8.35. The molecule has 0 unspecified atom stereocenters. The maximum absolute atomic E-state index is 14.1. The highest BCUT2D eigenvalue weighted by atomic mass is 16.3. The Morgan fingerprint density at radius 2 is 1.28 bits per heavy atom. The molecule has 0 bridgehead atoms. The number of benzene rings is 3. The van der Waals surface area contributed by atoms with Gasteiger partial charge in [0.25, 0.3) is 0 Å². The predicted molar refractivity (Wildman–Crippen MR) is 141 cm³/mol. The molecule has 36 heavy (non-hydrogen) atoms. The highest BCUT2D eigenvalue weighted by molar-refractivity contribution is 5.91. The van der Waals surface area contributed by atoms with Crippen molar-refractivity contribution in [3.8, 4) is 0 Å². The lowest BCUT2D eigenvalue weighted by Gasteiger charge is -2.33. The zero-order valence-corrected chi connectivity index (χ0v) is 20.8. The minimum atomic E-state index is -0.491. The summed E-state index contributed by atoms with van der Waals surface area (Å²) in [4.78, 5) is 31.2. The van der Waals surface area contributed by atoms with E-state index in [9.17, 15) is 9.59 Å². The Morgan fingerprint density at radius 3 is 1.78 bits per heavy atom. The van der Waals surface area contributed by atoms with Gasteiger partial charge in [-0.15, -0.1) is 0 Å². The van der Waals surface area contributed by atoms with Crippen LogP contribution in [0, 0.1) is 0 Å². The number of hydrogen-bond acceptors (Lipinski definition) is 3. The normalized spacial score (nSPS) is 11.0. The second-order valence-electron chi connectivity index (χ2n) is 9.13. The molecular formula is C31H32N2O3. The van der Waals surface area contributed by atoms with Crippen molar-refractivity contribution in [2.75, 3.05) is 6.54 Å². The van der Waals surface area contributed by atoms with E-state index < -0.39 is 5.92 Å². The van der Waals surface area contributed by atoms with Crippen molar-refractivity contribution in [1.82, 2.24) is 9.80 Å². The monoisotopic (exact) mass is 480 g/mol. The number of amides is 2. The van der Waals surface area contributed by atoms with Crippen LogP contribution in [0.3, 0.4) is 0 Å². The number of carbonyl (C=O) groups excluding carboxylic acids is 2. The maximum Gasteiger partial charge on any atom is 0.242 e. The second-order valence-corrected chi connectivity index (χ2v) is 9.13. The molecule has 2 amide bonds. The van der Waals surface area contributed by atoms with Crippen molar-refractivity contribution < 1.29 is 14.0 Å². The third-order valence-corrected chi connectivity index (χ3v) is 6.22. The van der Waals surface area contributed by atoms with Crippen molar-refractivity contribution in [2.45, 2.75) is 38.9 Å². The summed E-state index contributed by atoms with van der Waals surface area (Å²) in [6, 6.07) is 32.9. The van der Waals surface area contributed by atoms with Gasteiger partial charge in [-0.2, -0.15) is 0 Å². The minimum Gasteiger partial charge on any atom is -0.467 e. The fourth-order valence-electron chi connectivity index (χ4n) is 4.32. The van der Waals surface area contributed by atoms with Crippen molar-refractivity contribution in [3.63, 3.8) is 0 Å². The van der Waals surface area contributed by atoms with Crippen LogP contribution >= 0.6 is 0 Å². The minimum absolute atomic E-state index is 0.0137. The highest BCUT2D eigenvalue weighted by Crippen LogP contribution is 2.28.